The smallest absolute Gasteiger partial charge is 0.102 e. The van der Waals surface area contributed by atoms with Crippen LogP contribution in [0.1, 0.15) is 40.0 Å². The number of unbranched alkanes of at least 4 members (excludes halogenated alkanes) is 1. The number of nitrogens with zero attached hydrogens (tertiary/aromatic N) is 1. The third-order valence-corrected chi connectivity index (χ3v) is 2.84. The maximum Gasteiger partial charge on any atom is 0.102 e. The summed E-state index contributed by atoms with van der Waals surface area (Å²) in [4.78, 5) is 0. The number of rotatable bonds is 9. The highest BCUT2D eigenvalue weighted by Gasteiger charge is 2.19. The molecule has 0 aliphatic rings. The highest BCUT2D eigenvalue weighted by atomic mass is 35.5. The molecule has 0 amide bonds. The molecule has 0 heterocycles. The fraction of sp³-hybridized carbons (Fsp3) is 1.00. The molecule has 3 nitrogen and oxygen atoms in total. The predicted molar refractivity (Wildman–Crippen MR) is 70.5 cm³/mol. The van der Waals surface area contributed by atoms with E-state index in [1.165, 1.54) is 12.8 Å². The van der Waals surface area contributed by atoms with E-state index >= 15 is 0 Å². The van der Waals surface area contributed by atoms with E-state index in [4.69, 9.17) is 10.5 Å². The summed E-state index contributed by atoms with van der Waals surface area (Å²) in [6.45, 7) is 10.3. The average molecular weight is 267 g/mol. The van der Waals surface area contributed by atoms with Gasteiger partial charge in [-0.15, -0.1) is 0 Å². The van der Waals surface area contributed by atoms with E-state index < -0.39 is 0 Å². The summed E-state index contributed by atoms with van der Waals surface area (Å²) < 4.78 is 6.59. The van der Waals surface area contributed by atoms with Crippen LogP contribution in [-0.4, -0.2) is 50.4 Å². The zero-order chi connectivity index (χ0) is 12.7. The number of quaternary nitrogens is 1. The molecule has 0 spiro atoms. The topological polar surface area (TPSA) is 35.2 Å². The molecule has 0 aromatic carbocycles. The molecule has 0 aromatic rings. The first-order chi connectivity index (χ1) is 7.27. The molecular formula is C13H31ClN2O. The zero-order valence-electron chi connectivity index (χ0n) is 12.3. The fourth-order valence-corrected chi connectivity index (χ4v) is 1.36. The Morgan fingerprint density at radius 3 is 2.18 bits per heavy atom. The maximum atomic E-state index is 6.00. The molecule has 4 heteroatoms. The summed E-state index contributed by atoms with van der Waals surface area (Å²) in [6, 6.07) is 0. The van der Waals surface area contributed by atoms with Crippen LogP contribution < -0.4 is 18.1 Å². The minimum atomic E-state index is -0.0570. The van der Waals surface area contributed by atoms with Crippen molar-refractivity contribution in [1.29, 1.82) is 0 Å². The first-order valence-electron chi connectivity index (χ1n) is 6.45. The van der Waals surface area contributed by atoms with Gasteiger partial charge in [0.05, 0.1) is 27.2 Å². The lowest BCUT2D eigenvalue weighted by Crippen LogP contribution is -3.00. The van der Waals surface area contributed by atoms with Crippen LogP contribution in [0.15, 0.2) is 0 Å². The number of nitrogens with two attached hydrogens (primary N) is 1. The van der Waals surface area contributed by atoms with Gasteiger partial charge < -0.3 is 27.4 Å². The van der Waals surface area contributed by atoms with Crippen LogP contribution in [0, 0.1) is 0 Å². The summed E-state index contributed by atoms with van der Waals surface area (Å²) in [7, 11) is 4.49. The lowest BCUT2D eigenvalue weighted by molar-refractivity contribution is -0.891. The molecule has 0 rings (SSSR count). The van der Waals surface area contributed by atoms with Gasteiger partial charge in [-0.2, -0.15) is 0 Å². The van der Waals surface area contributed by atoms with Gasteiger partial charge >= 0.3 is 0 Å². The number of ether oxygens (including phenoxy) is 1. The van der Waals surface area contributed by atoms with Gasteiger partial charge in [-0.05, 0) is 20.3 Å². The summed E-state index contributed by atoms with van der Waals surface area (Å²) in [5.74, 6) is 0. The van der Waals surface area contributed by atoms with Crippen LogP contribution in [0.4, 0.5) is 0 Å². The van der Waals surface area contributed by atoms with Gasteiger partial charge in [0, 0.05) is 18.6 Å². The minimum Gasteiger partial charge on any atom is -1.00 e. The van der Waals surface area contributed by atoms with E-state index in [9.17, 15) is 0 Å². The molecule has 2 N–H and O–H groups in total. The standard InChI is InChI=1S/C13H31N2O.ClH/c1-6-7-11-16-12-10-15(4,5)9-8-13(2,3)14;/h6-12,14H2,1-5H3;1H/q+1;/p-1. The third kappa shape index (κ3) is 14.1. The fourth-order valence-electron chi connectivity index (χ4n) is 1.36. The lowest BCUT2D eigenvalue weighted by atomic mass is 10.0. The molecule has 106 valence electrons. The molecule has 0 aromatic heterocycles. The van der Waals surface area contributed by atoms with Crippen molar-refractivity contribution in [1.82, 2.24) is 0 Å². The van der Waals surface area contributed by atoms with E-state index in [1.807, 2.05) is 0 Å². The molecule has 17 heavy (non-hydrogen) atoms. The highest BCUT2D eigenvalue weighted by Crippen LogP contribution is 2.08. The zero-order valence-corrected chi connectivity index (χ0v) is 13.0. The molecule has 0 saturated carbocycles. The molecule has 0 unspecified atom stereocenters. The first kappa shape index (κ1) is 19.5. The number of hydrogen-bond acceptors (Lipinski definition) is 2. The summed E-state index contributed by atoms with van der Waals surface area (Å²) >= 11 is 0. The maximum absolute atomic E-state index is 6.00. The van der Waals surface area contributed by atoms with Crippen molar-refractivity contribution in [2.24, 2.45) is 5.73 Å². The Labute approximate surface area is 114 Å². The molecule has 0 radical (unpaired) electrons. The number of likely N-dealkylation sites (N-methyl/N-ethyl adjacent to an activating group) is 1. The normalized spacial score (nSPS) is 12.4. The van der Waals surface area contributed by atoms with Gasteiger partial charge in [0.15, 0.2) is 0 Å². The Balaban J connectivity index is 0. The van der Waals surface area contributed by atoms with Crippen LogP contribution in [-0.2, 0) is 4.74 Å². The SMILES string of the molecule is CCCCOCC[N+](C)(C)CCC(C)(C)N.[Cl-]. The van der Waals surface area contributed by atoms with Gasteiger partial charge in [-0.3, -0.25) is 0 Å². The van der Waals surface area contributed by atoms with Crippen molar-refractivity contribution < 1.29 is 21.6 Å². The van der Waals surface area contributed by atoms with Gasteiger partial charge in [0.1, 0.15) is 6.54 Å². The molecule has 0 aliphatic carbocycles. The van der Waals surface area contributed by atoms with Gasteiger partial charge in [0.2, 0.25) is 0 Å². The van der Waals surface area contributed by atoms with E-state index in [0.717, 1.165) is 37.2 Å². The van der Waals surface area contributed by atoms with Gasteiger partial charge in [0.25, 0.3) is 0 Å². The number of hydrogen-bond donors (Lipinski definition) is 1. The Morgan fingerprint density at radius 2 is 1.71 bits per heavy atom. The van der Waals surface area contributed by atoms with E-state index in [0.29, 0.717) is 0 Å². The van der Waals surface area contributed by atoms with Crippen LogP contribution in [0.3, 0.4) is 0 Å². The summed E-state index contributed by atoms with van der Waals surface area (Å²) in [5.41, 5.74) is 5.94. The van der Waals surface area contributed by atoms with Crippen molar-refractivity contribution in [2.75, 3.05) is 40.4 Å². The summed E-state index contributed by atoms with van der Waals surface area (Å²) in [6.07, 6.45) is 3.43. The Hall–Kier alpha value is 0.170. The van der Waals surface area contributed by atoms with Crippen molar-refractivity contribution >= 4 is 0 Å². The van der Waals surface area contributed by atoms with E-state index in [-0.39, 0.29) is 17.9 Å². The highest BCUT2D eigenvalue weighted by molar-refractivity contribution is 4.70. The van der Waals surface area contributed by atoms with Crippen LogP contribution >= 0.6 is 0 Å². The molecule has 0 aliphatic heterocycles. The second-order valence-corrected chi connectivity index (χ2v) is 6.09. The van der Waals surface area contributed by atoms with Crippen molar-refractivity contribution in [3.63, 3.8) is 0 Å². The monoisotopic (exact) mass is 266 g/mol. The second kappa shape index (κ2) is 9.15. The minimum absolute atomic E-state index is 0. The Bertz CT molecular complexity index is 179. The van der Waals surface area contributed by atoms with Gasteiger partial charge in [-0.1, -0.05) is 13.3 Å². The van der Waals surface area contributed by atoms with Crippen molar-refractivity contribution in [2.45, 2.75) is 45.6 Å². The van der Waals surface area contributed by atoms with Crippen LogP contribution in [0.2, 0.25) is 0 Å². The van der Waals surface area contributed by atoms with Crippen molar-refractivity contribution in [3.8, 4) is 0 Å². The molecule has 0 bridgehead atoms. The molecule has 0 fully saturated rings. The average Bonchev–Trinajstić information content (AvgIpc) is 2.14. The van der Waals surface area contributed by atoms with E-state index in [1.54, 1.807) is 0 Å². The Morgan fingerprint density at radius 1 is 1.12 bits per heavy atom. The van der Waals surface area contributed by atoms with Gasteiger partial charge in [-0.25, -0.2) is 0 Å². The van der Waals surface area contributed by atoms with E-state index in [2.05, 4.69) is 34.9 Å². The first-order valence-corrected chi connectivity index (χ1v) is 6.45. The van der Waals surface area contributed by atoms with Crippen LogP contribution in [0.5, 0.6) is 0 Å². The molecular weight excluding hydrogens is 236 g/mol. The second-order valence-electron chi connectivity index (χ2n) is 6.09. The summed E-state index contributed by atoms with van der Waals surface area (Å²) in [5, 5.41) is 0. The lowest BCUT2D eigenvalue weighted by Gasteiger charge is -2.32. The van der Waals surface area contributed by atoms with Crippen molar-refractivity contribution in [3.05, 3.63) is 0 Å². The predicted octanol–water partition coefficient (Wildman–Crippen LogP) is -0.989. The molecule has 0 saturated heterocycles. The quantitative estimate of drug-likeness (QED) is 0.430. The Kier molecular flexibility index (Phi) is 10.5. The largest absolute Gasteiger partial charge is 1.00 e. The third-order valence-electron chi connectivity index (χ3n) is 2.84. The molecule has 0 atom stereocenters. The number of halogens is 1. The van der Waals surface area contributed by atoms with Crippen LogP contribution in [0.25, 0.3) is 0 Å².